The second kappa shape index (κ2) is 4.58. The number of hydrogen-bond donors (Lipinski definition) is 1. The van der Waals surface area contributed by atoms with Crippen molar-refractivity contribution in [3.05, 3.63) is 23.8 Å². The van der Waals surface area contributed by atoms with Crippen LogP contribution in [-0.4, -0.2) is 16.5 Å². The number of aryl methyl sites for hydroxylation is 1. The van der Waals surface area contributed by atoms with Crippen molar-refractivity contribution in [3.8, 4) is 12.3 Å². The number of hydrogen-bond acceptors (Lipinski definition) is 3. The molecular formula is C10H13N3. The first-order valence-electron chi connectivity index (χ1n) is 4.26. The molecule has 0 radical (unpaired) electrons. The van der Waals surface area contributed by atoms with Gasteiger partial charge in [-0.1, -0.05) is 12.8 Å². The standard InChI is InChI=1S/C10H13N3/c1-4-9(11-5-2)10-12-6-8(3)7-13-10/h1,6-7,9,11H,5H2,2-3H3. The lowest BCUT2D eigenvalue weighted by Gasteiger charge is -2.08. The van der Waals surface area contributed by atoms with E-state index < -0.39 is 0 Å². The molecule has 1 N–H and O–H groups in total. The van der Waals surface area contributed by atoms with E-state index in [2.05, 4.69) is 21.2 Å². The fourth-order valence-corrected chi connectivity index (χ4v) is 0.981. The zero-order chi connectivity index (χ0) is 9.68. The Labute approximate surface area is 78.6 Å². The van der Waals surface area contributed by atoms with Gasteiger partial charge in [0.25, 0.3) is 0 Å². The third kappa shape index (κ3) is 2.53. The molecule has 1 atom stereocenters. The van der Waals surface area contributed by atoms with Crippen molar-refractivity contribution >= 4 is 0 Å². The van der Waals surface area contributed by atoms with Gasteiger partial charge in [-0.15, -0.1) is 6.42 Å². The van der Waals surface area contributed by atoms with Crippen LogP contribution >= 0.6 is 0 Å². The van der Waals surface area contributed by atoms with Crippen molar-refractivity contribution in [2.45, 2.75) is 19.9 Å². The predicted octanol–water partition coefficient (Wildman–Crippen LogP) is 1.07. The second-order valence-electron chi connectivity index (χ2n) is 2.78. The van der Waals surface area contributed by atoms with Crippen molar-refractivity contribution in [1.82, 2.24) is 15.3 Å². The third-order valence-electron chi connectivity index (χ3n) is 1.63. The van der Waals surface area contributed by atoms with Gasteiger partial charge in [0.05, 0.1) is 0 Å². The monoisotopic (exact) mass is 175 g/mol. The van der Waals surface area contributed by atoms with Crippen molar-refractivity contribution < 1.29 is 0 Å². The largest absolute Gasteiger partial charge is 0.298 e. The molecule has 0 aromatic carbocycles. The minimum absolute atomic E-state index is 0.175. The van der Waals surface area contributed by atoms with Gasteiger partial charge in [-0.05, 0) is 19.0 Å². The highest BCUT2D eigenvalue weighted by atomic mass is 15.0. The summed E-state index contributed by atoms with van der Waals surface area (Å²) in [7, 11) is 0. The van der Waals surface area contributed by atoms with Crippen LogP contribution in [0.25, 0.3) is 0 Å². The summed E-state index contributed by atoms with van der Waals surface area (Å²) in [5, 5.41) is 3.11. The molecule has 68 valence electrons. The molecular weight excluding hydrogens is 162 g/mol. The maximum atomic E-state index is 5.34. The molecule has 3 nitrogen and oxygen atoms in total. The SMILES string of the molecule is C#CC(NCC)c1ncc(C)cn1. The minimum Gasteiger partial charge on any atom is -0.298 e. The van der Waals surface area contributed by atoms with Crippen LogP contribution in [0.4, 0.5) is 0 Å². The van der Waals surface area contributed by atoms with Crippen LogP contribution < -0.4 is 5.32 Å². The topological polar surface area (TPSA) is 37.8 Å². The van der Waals surface area contributed by atoms with Gasteiger partial charge in [0.1, 0.15) is 6.04 Å². The van der Waals surface area contributed by atoms with Crippen molar-refractivity contribution in [1.29, 1.82) is 0 Å². The quantitative estimate of drug-likeness (QED) is 0.698. The van der Waals surface area contributed by atoms with Crippen LogP contribution in [0.3, 0.4) is 0 Å². The van der Waals surface area contributed by atoms with Gasteiger partial charge in [-0.3, -0.25) is 5.32 Å². The zero-order valence-electron chi connectivity index (χ0n) is 7.91. The van der Waals surface area contributed by atoms with E-state index in [-0.39, 0.29) is 6.04 Å². The van der Waals surface area contributed by atoms with Gasteiger partial charge in [0.15, 0.2) is 5.82 Å². The number of nitrogens with zero attached hydrogens (tertiary/aromatic N) is 2. The van der Waals surface area contributed by atoms with E-state index in [9.17, 15) is 0 Å². The smallest absolute Gasteiger partial charge is 0.157 e. The molecule has 0 bridgehead atoms. The second-order valence-corrected chi connectivity index (χ2v) is 2.78. The highest BCUT2D eigenvalue weighted by Gasteiger charge is 2.08. The summed E-state index contributed by atoms with van der Waals surface area (Å²) in [5.74, 6) is 3.26. The molecule has 0 amide bonds. The average molecular weight is 175 g/mol. The van der Waals surface area contributed by atoms with Gasteiger partial charge < -0.3 is 0 Å². The molecule has 3 heteroatoms. The molecule has 1 aromatic heterocycles. The van der Waals surface area contributed by atoms with E-state index in [4.69, 9.17) is 6.42 Å². The summed E-state index contributed by atoms with van der Waals surface area (Å²) in [4.78, 5) is 8.30. The zero-order valence-corrected chi connectivity index (χ0v) is 7.91. The Hall–Kier alpha value is -1.40. The Bertz CT molecular complexity index is 297. The molecule has 0 aliphatic carbocycles. The normalized spacial score (nSPS) is 12.1. The Morgan fingerprint density at radius 1 is 1.54 bits per heavy atom. The van der Waals surface area contributed by atoms with E-state index in [1.165, 1.54) is 0 Å². The maximum Gasteiger partial charge on any atom is 0.157 e. The fraction of sp³-hybridized carbons (Fsp3) is 0.400. The molecule has 0 saturated heterocycles. The predicted molar refractivity (Wildman–Crippen MR) is 52.0 cm³/mol. The summed E-state index contributed by atoms with van der Waals surface area (Å²) >= 11 is 0. The lowest BCUT2D eigenvalue weighted by Crippen LogP contribution is -2.21. The van der Waals surface area contributed by atoms with Gasteiger partial charge in [-0.25, -0.2) is 9.97 Å². The van der Waals surface area contributed by atoms with Crippen molar-refractivity contribution in [2.75, 3.05) is 6.54 Å². The van der Waals surface area contributed by atoms with Gasteiger partial charge in [0, 0.05) is 12.4 Å². The van der Waals surface area contributed by atoms with Gasteiger partial charge in [-0.2, -0.15) is 0 Å². The molecule has 1 rings (SSSR count). The van der Waals surface area contributed by atoms with Crippen LogP contribution in [0.1, 0.15) is 24.4 Å². The molecule has 1 unspecified atom stereocenters. The minimum atomic E-state index is -0.175. The van der Waals surface area contributed by atoms with Crippen LogP contribution in [0.15, 0.2) is 12.4 Å². The summed E-state index contributed by atoms with van der Waals surface area (Å²) in [6, 6.07) is -0.175. The Kier molecular flexibility index (Phi) is 3.41. The molecule has 0 aliphatic heterocycles. The van der Waals surface area contributed by atoms with E-state index in [1.54, 1.807) is 12.4 Å². The highest BCUT2D eigenvalue weighted by molar-refractivity contribution is 5.12. The Morgan fingerprint density at radius 2 is 2.15 bits per heavy atom. The maximum absolute atomic E-state index is 5.34. The first kappa shape index (κ1) is 9.69. The first-order chi connectivity index (χ1) is 6.27. The first-order valence-corrected chi connectivity index (χ1v) is 4.26. The number of nitrogens with one attached hydrogen (secondary N) is 1. The molecule has 1 aromatic rings. The summed E-state index contributed by atoms with van der Waals surface area (Å²) in [6.07, 6.45) is 8.87. The Morgan fingerprint density at radius 3 is 2.62 bits per heavy atom. The molecule has 13 heavy (non-hydrogen) atoms. The van der Waals surface area contributed by atoms with Crippen LogP contribution in [0.2, 0.25) is 0 Å². The average Bonchev–Trinajstić information content (AvgIpc) is 2.16. The highest BCUT2D eigenvalue weighted by Crippen LogP contribution is 2.04. The molecule has 0 spiro atoms. The summed E-state index contributed by atoms with van der Waals surface area (Å²) in [5.41, 5.74) is 1.04. The van der Waals surface area contributed by atoms with E-state index in [1.807, 2.05) is 13.8 Å². The van der Waals surface area contributed by atoms with Crippen molar-refractivity contribution in [2.24, 2.45) is 0 Å². The summed E-state index contributed by atoms with van der Waals surface area (Å²) in [6.45, 7) is 4.76. The van der Waals surface area contributed by atoms with Crippen molar-refractivity contribution in [3.63, 3.8) is 0 Å². The van der Waals surface area contributed by atoms with Crippen LogP contribution in [0.5, 0.6) is 0 Å². The van der Waals surface area contributed by atoms with E-state index in [0.29, 0.717) is 5.82 Å². The molecule has 0 saturated carbocycles. The third-order valence-corrected chi connectivity index (χ3v) is 1.63. The molecule has 1 heterocycles. The van der Waals surface area contributed by atoms with Gasteiger partial charge >= 0.3 is 0 Å². The lowest BCUT2D eigenvalue weighted by atomic mass is 10.2. The van der Waals surface area contributed by atoms with Gasteiger partial charge in [0.2, 0.25) is 0 Å². The van der Waals surface area contributed by atoms with E-state index in [0.717, 1.165) is 12.1 Å². The number of rotatable bonds is 3. The fourth-order valence-electron chi connectivity index (χ4n) is 0.981. The molecule has 0 fully saturated rings. The lowest BCUT2D eigenvalue weighted by molar-refractivity contribution is 0.629. The summed E-state index contributed by atoms with van der Waals surface area (Å²) < 4.78 is 0. The Balaban J connectivity index is 2.81. The number of terminal acetylenes is 1. The number of aromatic nitrogens is 2. The van der Waals surface area contributed by atoms with Crippen LogP contribution in [0, 0.1) is 19.3 Å². The van der Waals surface area contributed by atoms with E-state index >= 15 is 0 Å². The van der Waals surface area contributed by atoms with Crippen LogP contribution in [-0.2, 0) is 0 Å². The molecule has 0 aliphatic rings.